The fourth-order valence-corrected chi connectivity index (χ4v) is 2.98. The molecule has 0 aliphatic rings. The molecule has 7 heteroatoms. The fourth-order valence-electron chi connectivity index (χ4n) is 2.98. The second kappa shape index (κ2) is 8.10. The summed E-state index contributed by atoms with van der Waals surface area (Å²) in [6.45, 7) is 2.49. The molecule has 0 saturated carbocycles. The molecular weight excluding hydrogens is 369 g/mol. The Hall–Kier alpha value is -3.74. The second-order valence-corrected chi connectivity index (χ2v) is 6.59. The van der Waals surface area contributed by atoms with Crippen LogP contribution in [0.4, 0.5) is 10.2 Å². The molecule has 146 valence electrons. The zero-order chi connectivity index (χ0) is 20.2. The molecule has 0 saturated heterocycles. The van der Waals surface area contributed by atoms with Crippen molar-refractivity contribution < 1.29 is 9.13 Å². The molecule has 0 spiro atoms. The molecule has 0 amide bonds. The highest BCUT2D eigenvalue weighted by Crippen LogP contribution is 2.29. The van der Waals surface area contributed by atoms with Crippen LogP contribution < -0.4 is 10.1 Å². The summed E-state index contributed by atoms with van der Waals surface area (Å²) in [5, 5.41) is 11.7. The molecule has 2 heterocycles. The largest absolute Gasteiger partial charge is 0.495 e. The smallest absolute Gasteiger partial charge is 0.148 e. The lowest BCUT2D eigenvalue weighted by atomic mass is 10.1. The lowest BCUT2D eigenvalue weighted by Crippen LogP contribution is -2.02. The minimum absolute atomic E-state index is 0.248. The summed E-state index contributed by atoms with van der Waals surface area (Å²) in [5.74, 6) is 1.12. The van der Waals surface area contributed by atoms with Gasteiger partial charge in [-0.15, -0.1) is 10.2 Å². The number of hydrogen-bond donors (Lipinski definition) is 1. The van der Waals surface area contributed by atoms with Gasteiger partial charge in [-0.25, -0.2) is 9.37 Å². The van der Waals surface area contributed by atoms with Gasteiger partial charge in [0.15, 0.2) is 0 Å². The highest BCUT2D eigenvalue weighted by atomic mass is 19.1. The first-order chi connectivity index (χ1) is 14.1. The zero-order valence-electron chi connectivity index (χ0n) is 16.1. The normalized spacial score (nSPS) is 10.7. The quantitative estimate of drug-likeness (QED) is 0.530. The number of methoxy groups -OCH3 is 1. The standard InChI is InChI=1S/C22H20FN5O/c1-15-13-28(14-25-15)20-9-5-17(11-21(20)29-2)19-8-10-22(27-26-19)24-12-16-3-6-18(23)7-4-16/h3-11,13-14H,12H2,1-2H3,(H,24,27). The van der Waals surface area contributed by atoms with Crippen LogP contribution in [0.2, 0.25) is 0 Å². The molecule has 0 radical (unpaired) electrons. The Balaban J connectivity index is 1.50. The van der Waals surface area contributed by atoms with Crippen LogP contribution in [0.15, 0.2) is 67.1 Å². The van der Waals surface area contributed by atoms with Crippen molar-refractivity contribution in [3.05, 3.63) is 84.2 Å². The highest BCUT2D eigenvalue weighted by Gasteiger charge is 2.10. The van der Waals surface area contributed by atoms with E-state index in [2.05, 4.69) is 20.5 Å². The first-order valence-corrected chi connectivity index (χ1v) is 9.14. The number of anilines is 1. The average molecular weight is 389 g/mol. The van der Waals surface area contributed by atoms with Crippen molar-refractivity contribution in [3.63, 3.8) is 0 Å². The number of aryl methyl sites for hydroxylation is 1. The van der Waals surface area contributed by atoms with Gasteiger partial charge in [-0.2, -0.15) is 0 Å². The van der Waals surface area contributed by atoms with Crippen LogP contribution in [0.25, 0.3) is 16.9 Å². The third-order valence-corrected chi connectivity index (χ3v) is 4.52. The van der Waals surface area contributed by atoms with Crippen molar-refractivity contribution in [2.45, 2.75) is 13.5 Å². The van der Waals surface area contributed by atoms with Gasteiger partial charge >= 0.3 is 0 Å². The molecule has 4 aromatic rings. The molecule has 0 aliphatic carbocycles. The molecule has 0 aliphatic heterocycles. The molecule has 0 atom stereocenters. The van der Waals surface area contributed by atoms with Gasteiger partial charge in [0.25, 0.3) is 0 Å². The van der Waals surface area contributed by atoms with E-state index in [4.69, 9.17) is 4.74 Å². The number of benzene rings is 2. The number of hydrogen-bond acceptors (Lipinski definition) is 5. The van der Waals surface area contributed by atoms with Gasteiger partial charge in [0, 0.05) is 18.3 Å². The Kier molecular flexibility index (Phi) is 5.20. The summed E-state index contributed by atoms with van der Waals surface area (Å²) in [6.07, 6.45) is 3.70. The Bertz CT molecular complexity index is 1110. The van der Waals surface area contributed by atoms with Gasteiger partial charge in [0.1, 0.15) is 17.4 Å². The molecule has 6 nitrogen and oxygen atoms in total. The van der Waals surface area contributed by atoms with Crippen LogP contribution in [0.1, 0.15) is 11.3 Å². The van der Waals surface area contributed by atoms with Crippen molar-refractivity contribution in [2.75, 3.05) is 12.4 Å². The molecule has 0 fully saturated rings. The van der Waals surface area contributed by atoms with Crippen LogP contribution in [0, 0.1) is 12.7 Å². The third kappa shape index (κ3) is 4.24. The van der Waals surface area contributed by atoms with Crippen LogP contribution >= 0.6 is 0 Å². The van der Waals surface area contributed by atoms with Crippen molar-refractivity contribution >= 4 is 5.82 Å². The lowest BCUT2D eigenvalue weighted by Gasteiger charge is -2.11. The van der Waals surface area contributed by atoms with Crippen LogP contribution in [-0.2, 0) is 6.54 Å². The summed E-state index contributed by atoms with van der Waals surface area (Å²) in [4.78, 5) is 4.26. The number of imidazole rings is 1. The predicted molar refractivity (Wildman–Crippen MR) is 110 cm³/mol. The van der Waals surface area contributed by atoms with E-state index in [-0.39, 0.29) is 5.82 Å². The van der Waals surface area contributed by atoms with Crippen molar-refractivity contribution in [3.8, 4) is 22.7 Å². The minimum Gasteiger partial charge on any atom is -0.495 e. The van der Waals surface area contributed by atoms with Gasteiger partial charge in [-0.1, -0.05) is 18.2 Å². The van der Waals surface area contributed by atoms with Crippen LogP contribution in [-0.4, -0.2) is 26.9 Å². The van der Waals surface area contributed by atoms with E-state index in [9.17, 15) is 4.39 Å². The van der Waals surface area contributed by atoms with Crippen LogP contribution in [0.3, 0.4) is 0 Å². The minimum atomic E-state index is -0.248. The van der Waals surface area contributed by atoms with Gasteiger partial charge in [-0.05, 0) is 48.9 Å². The molecular formula is C22H20FN5O. The number of aromatic nitrogens is 4. The maximum atomic E-state index is 13.0. The van der Waals surface area contributed by atoms with E-state index in [1.165, 1.54) is 12.1 Å². The first kappa shape index (κ1) is 18.6. The molecule has 1 N–H and O–H groups in total. The average Bonchev–Trinajstić information content (AvgIpc) is 3.19. The number of nitrogens with one attached hydrogen (secondary N) is 1. The van der Waals surface area contributed by atoms with E-state index in [1.54, 1.807) is 25.6 Å². The number of ether oxygens (including phenoxy) is 1. The Morgan fingerprint density at radius 1 is 1.03 bits per heavy atom. The fraction of sp³-hybridized carbons (Fsp3) is 0.136. The topological polar surface area (TPSA) is 64.9 Å². The van der Waals surface area contributed by atoms with Crippen molar-refractivity contribution in [2.24, 2.45) is 0 Å². The first-order valence-electron chi connectivity index (χ1n) is 9.14. The van der Waals surface area contributed by atoms with E-state index < -0.39 is 0 Å². The monoisotopic (exact) mass is 389 g/mol. The SMILES string of the molecule is COc1cc(-c2ccc(NCc3ccc(F)cc3)nn2)ccc1-n1cnc(C)c1. The van der Waals surface area contributed by atoms with Crippen molar-refractivity contribution in [1.29, 1.82) is 0 Å². The van der Waals surface area contributed by atoms with E-state index >= 15 is 0 Å². The van der Waals surface area contributed by atoms with E-state index in [0.29, 0.717) is 12.4 Å². The van der Waals surface area contributed by atoms with Gasteiger partial charge in [0.05, 0.1) is 30.5 Å². The predicted octanol–water partition coefficient (Wildman–Crippen LogP) is 4.40. The Morgan fingerprint density at radius 3 is 2.52 bits per heavy atom. The molecule has 0 unspecified atom stereocenters. The zero-order valence-corrected chi connectivity index (χ0v) is 16.1. The maximum absolute atomic E-state index is 13.0. The maximum Gasteiger partial charge on any atom is 0.148 e. The third-order valence-electron chi connectivity index (χ3n) is 4.52. The molecule has 0 bridgehead atoms. The van der Waals surface area contributed by atoms with Gasteiger partial charge in [0.2, 0.25) is 0 Å². The molecule has 4 rings (SSSR count). The summed E-state index contributed by atoms with van der Waals surface area (Å²) in [5.41, 5.74) is 4.45. The number of nitrogens with zero attached hydrogens (tertiary/aromatic N) is 4. The van der Waals surface area contributed by atoms with E-state index in [1.807, 2.05) is 48.0 Å². The molecule has 2 aromatic carbocycles. The number of halogens is 1. The van der Waals surface area contributed by atoms with Crippen LogP contribution in [0.5, 0.6) is 5.75 Å². The molecule has 29 heavy (non-hydrogen) atoms. The summed E-state index contributed by atoms with van der Waals surface area (Å²) < 4.78 is 20.5. The van der Waals surface area contributed by atoms with Gasteiger partial charge in [-0.3, -0.25) is 0 Å². The van der Waals surface area contributed by atoms with Crippen molar-refractivity contribution in [1.82, 2.24) is 19.7 Å². The highest BCUT2D eigenvalue weighted by molar-refractivity contribution is 5.65. The van der Waals surface area contributed by atoms with E-state index in [0.717, 1.165) is 34.0 Å². The number of rotatable bonds is 6. The summed E-state index contributed by atoms with van der Waals surface area (Å²) >= 11 is 0. The lowest BCUT2D eigenvalue weighted by molar-refractivity contribution is 0.413. The summed E-state index contributed by atoms with van der Waals surface area (Å²) in [6, 6.07) is 16.0. The second-order valence-electron chi connectivity index (χ2n) is 6.59. The summed E-state index contributed by atoms with van der Waals surface area (Å²) in [7, 11) is 1.64. The Labute approximate surface area is 168 Å². The molecule has 2 aromatic heterocycles. The Morgan fingerprint density at radius 2 is 1.86 bits per heavy atom. The van der Waals surface area contributed by atoms with Gasteiger partial charge < -0.3 is 14.6 Å².